The van der Waals surface area contributed by atoms with E-state index >= 15 is 0 Å². The lowest BCUT2D eigenvalue weighted by Gasteiger charge is -2.06. The first-order valence-corrected chi connectivity index (χ1v) is 3.68. The highest BCUT2D eigenvalue weighted by molar-refractivity contribution is 5.85. The van der Waals surface area contributed by atoms with E-state index in [1.54, 1.807) is 6.08 Å². The average molecular weight is 184 g/mol. The Hall–Kier alpha value is -0.790. The third kappa shape index (κ3) is 2.68. The topological polar surface area (TPSA) is 26.0 Å². The largest absolute Gasteiger partial charge is 0.321 e. The Morgan fingerprint density at radius 3 is 2.67 bits per heavy atom. The summed E-state index contributed by atoms with van der Waals surface area (Å²) in [5.74, 6) is 0. The Balaban J connectivity index is 0.00000121. The van der Waals surface area contributed by atoms with E-state index in [0.29, 0.717) is 0 Å². The van der Waals surface area contributed by atoms with Gasteiger partial charge in [0, 0.05) is 6.04 Å². The third-order valence-electron chi connectivity index (χ3n) is 1.68. The Kier molecular flexibility index (Phi) is 4.64. The highest BCUT2D eigenvalue weighted by Gasteiger charge is 1.98. The summed E-state index contributed by atoms with van der Waals surface area (Å²) in [6.07, 6.45) is 1.74. The van der Waals surface area contributed by atoms with Crippen LogP contribution in [0.25, 0.3) is 0 Å². The van der Waals surface area contributed by atoms with Crippen LogP contribution in [0.5, 0.6) is 0 Å². The van der Waals surface area contributed by atoms with Crippen LogP contribution in [0.15, 0.2) is 36.9 Å². The second-order valence-electron chi connectivity index (χ2n) is 2.68. The summed E-state index contributed by atoms with van der Waals surface area (Å²) >= 11 is 0. The van der Waals surface area contributed by atoms with Crippen LogP contribution in [0.1, 0.15) is 17.2 Å². The number of rotatable bonds is 2. The molecule has 1 aromatic carbocycles. The normalized spacial score (nSPS) is 11.5. The molecule has 0 amide bonds. The fourth-order valence-electron chi connectivity index (χ4n) is 1.01. The molecule has 1 rings (SSSR count). The molecule has 0 spiro atoms. The maximum Gasteiger partial charge on any atom is 0.0478 e. The first kappa shape index (κ1) is 11.2. The third-order valence-corrected chi connectivity index (χ3v) is 1.68. The van der Waals surface area contributed by atoms with Crippen molar-refractivity contribution in [3.05, 3.63) is 48.0 Å². The second-order valence-corrected chi connectivity index (χ2v) is 2.68. The quantitative estimate of drug-likeness (QED) is 0.701. The number of hydrogen-bond acceptors (Lipinski definition) is 1. The number of aryl methyl sites for hydroxylation is 1. The molecular weight excluding hydrogens is 170 g/mol. The summed E-state index contributed by atoms with van der Waals surface area (Å²) < 4.78 is 0. The van der Waals surface area contributed by atoms with Gasteiger partial charge in [0.05, 0.1) is 0 Å². The summed E-state index contributed by atoms with van der Waals surface area (Å²) in [5, 5.41) is 0. The highest BCUT2D eigenvalue weighted by Crippen LogP contribution is 2.11. The molecule has 0 radical (unpaired) electrons. The van der Waals surface area contributed by atoms with Crippen LogP contribution in [0.3, 0.4) is 0 Å². The Labute approximate surface area is 79.7 Å². The van der Waals surface area contributed by atoms with Crippen LogP contribution < -0.4 is 5.73 Å². The number of halogens is 1. The van der Waals surface area contributed by atoms with E-state index in [4.69, 9.17) is 5.73 Å². The fraction of sp³-hybridized carbons (Fsp3) is 0.200. The molecule has 0 aliphatic heterocycles. The Morgan fingerprint density at radius 2 is 2.17 bits per heavy atom. The summed E-state index contributed by atoms with van der Waals surface area (Å²) in [6, 6.07) is 8.12. The zero-order valence-electron chi connectivity index (χ0n) is 7.16. The molecular formula is C10H14ClN. The molecule has 12 heavy (non-hydrogen) atoms. The maximum atomic E-state index is 5.75. The van der Waals surface area contributed by atoms with E-state index < -0.39 is 0 Å². The Bertz CT molecular complexity index is 258. The maximum absolute atomic E-state index is 5.75. The lowest BCUT2D eigenvalue weighted by Crippen LogP contribution is -2.06. The monoisotopic (exact) mass is 183 g/mol. The van der Waals surface area contributed by atoms with Gasteiger partial charge in [-0.3, -0.25) is 0 Å². The highest BCUT2D eigenvalue weighted by atomic mass is 35.5. The Morgan fingerprint density at radius 1 is 1.50 bits per heavy atom. The van der Waals surface area contributed by atoms with Crippen molar-refractivity contribution in [3.63, 3.8) is 0 Å². The predicted molar refractivity (Wildman–Crippen MR) is 55.6 cm³/mol. The van der Waals surface area contributed by atoms with Crippen molar-refractivity contribution in [2.75, 3.05) is 0 Å². The standard InChI is InChI=1S/C10H13N.ClH/c1-3-10(11)9-6-4-5-8(2)7-9;/h3-7,10H,1,11H2,2H3;1H. The molecule has 1 nitrogen and oxygen atoms in total. The summed E-state index contributed by atoms with van der Waals surface area (Å²) in [6.45, 7) is 5.70. The van der Waals surface area contributed by atoms with Gasteiger partial charge in [-0.2, -0.15) is 0 Å². The number of benzene rings is 1. The van der Waals surface area contributed by atoms with Crippen molar-refractivity contribution in [3.8, 4) is 0 Å². The predicted octanol–water partition coefficient (Wildman–Crippen LogP) is 2.60. The van der Waals surface area contributed by atoms with Crippen molar-refractivity contribution in [2.24, 2.45) is 5.73 Å². The van der Waals surface area contributed by atoms with Crippen molar-refractivity contribution in [1.82, 2.24) is 0 Å². The van der Waals surface area contributed by atoms with Crippen molar-refractivity contribution in [1.29, 1.82) is 0 Å². The van der Waals surface area contributed by atoms with Gasteiger partial charge in [-0.25, -0.2) is 0 Å². The van der Waals surface area contributed by atoms with Gasteiger partial charge >= 0.3 is 0 Å². The van der Waals surface area contributed by atoms with Crippen LogP contribution in [0.2, 0.25) is 0 Å². The van der Waals surface area contributed by atoms with Gasteiger partial charge in [0.2, 0.25) is 0 Å². The van der Waals surface area contributed by atoms with Gasteiger partial charge in [-0.15, -0.1) is 19.0 Å². The summed E-state index contributed by atoms with van der Waals surface area (Å²) in [4.78, 5) is 0. The second kappa shape index (κ2) is 4.96. The molecule has 66 valence electrons. The molecule has 1 unspecified atom stereocenters. The van der Waals surface area contributed by atoms with Gasteiger partial charge in [0.1, 0.15) is 0 Å². The van der Waals surface area contributed by atoms with E-state index in [-0.39, 0.29) is 18.4 Å². The first-order chi connectivity index (χ1) is 5.24. The van der Waals surface area contributed by atoms with Crippen molar-refractivity contribution >= 4 is 12.4 Å². The van der Waals surface area contributed by atoms with Gasteiger partial charge in [-0.1, -0.05) is 35.9 Å². The molecule has 0 aliphatic rings. The van der Waals surface area contributed by atoms with E-state index in [1.165, 1.54) is 5.56 Å². The van der Waals surface area contributed by atoms with E-state index in [1.807, 2.05) is 12.1 Å². The van der Waals surface area contributed by atoms with Crippen LogP contribution in [0.4, 0.5) is 0 Å². The van der Waals surface area contributed by atoms with E-state index in [9.17, 15) is 0 Å². The van der Waals surface area contributed by atoms with E-state index in [2.05, 4.69) is 25.6 Å². The van der Waals surface area contributed by atoms with Crippen LogP contribution in [-0.4, -0.2) is 0 Å². The van der Waals surface area contributed by atoms with Gasteiger partial charge in [0.15, 0.2) is 0 Å². The molecule has 2 heteroatoms. The number of hydrogen-bond donors (Lipinski definition) is 1. The lowest BCUT2D eigenvalue weighted by atomic mass is 10.1. The smallest absolute Gasteiger partial charge is 0.0478 e. The summed E-state index contributed by atoms with van der Waals surface area (Å²) in [7, 11) is 0. The molecule has 0 saturated heterocycles. The first-order valence-electron chi connectivity index (χ1n) is 3.68. The van der Waals surface area contributed by atoms with E-state index in [0.717, 1.165) is 5.56 Å². The minimum atomic E-state index is -0.0325. The molecule has 0 fully saturated rings. The SMILES string of the molecule is C=CC(N)c1cccc(C)c1.Cl. The fourth-order valence-corrected chi connectivity index (χ4v) is 1.01. The molecule has 0 heterocycles. The minimum absolute atomic E-state index is 0. The molecule has 0 bridgehead atoms. The molecule has 0 aromatic heterocycles. The van der Waals surface area contributed by atoms with Crippen molar-refractivity contribution < 1.29 is 0 Å². The minimum Gasteiger partial charge on any atom is -0.321 e. The average Bonchev–Trinajstić information content (AvgIpc) is 2.03. The molecule has 2 N–H and O–H groups in total. The lowest BCUT2D eigenvalue weighted by molar-refractivity contribution is 0.912. The van der Waals surface area contributed by atoms with Crippen LogP contribution in [0, 0.1) is 6.92 Å². The van der Waals surface area contributed by atoms with Crippen LogP contribution >= 0.6 is 12.4 Å². The molecule has 1 aromatic rings. The van der Waals surface area contributed by atoms with Crippen LogP contribution in [-0.2, 0) is 0 Å². The summed E-state index contributed by atoms with van der Waals surface area (Å²) in [5.41, 5.74) is 8.11. The van der Waals surface area contributed by atoms with Gasteiger partial charge < -0.3 is 5.73 Å². The molecule has 1 atom stereocenters. The van der Waals surface area contributed by atoms with Gasteiger partial charge in [-0.05, 0) is 12.5 Å². The number of nitrogens with two attached hydrogens (primary N) is 1. The van der Waals surface area contributed by atoms with Crippen molar-refractivity contribution in [2.45, 2.75) is 13.0 Å². The van der Waals surface area contributed by atoms with Gasteiger partial charge in [0.25, 0.3) is 0 Å². The molecule has 0 saturated carbocycles. The zero-order valence-corrected chi connectivity index (χ0v) is 7.97. The zero-order chi connectivity index (χ0) is 8.27. The molecule has 0 aliphatic carbocycles.